The number of alkyl halides is 1. The number of benzene rings is 2. The van der Waals surface area contributed by atoms with Crippen LogP contribution in [0.3, 0.4) is 0 Å². The Labute approximate surface area is 236 Å². The van der Waals surface area contributed by atoms with Gasteiger partial charge in [-0.15, -0.1) is 11.6 Å². The molecule has 0 aliphatic carbocycles. The van der Waals surface area contributed by atoms with E-state index in [2.05, 4.69) is 15.8 Å². The number of sulfonamides is 1. The molecule has 1 aliphatic rings. The van der Waals surface area contributed by atoms with Crippen molar-refractivity contribution in [2.45, 2.75) is 12.3 Å². The van der Waals surface area contributed by atoms with Gasteiger partial charge in [-0.3, -0.25) is 0 Å². The zero-order valence-electron chi connectivity index (χ0n) is 20.0. The molecule has 0 amide bonds. The molecule has 0 saturated carbocycles. The number of ether oxygens (including phenoxy) is 2. The van der Waals surface area contributed by atoms with Crippen LogP contribution in [0.5, 0.6) is 11.5 Å². The first-order chi connectivity index (χ1) is 17.6. The van der Waals surface area contributed by atoms with Gasteiger partial charge < -0.3 is 4.74 Å². The topological polar surface area (TPSA) is 121 Å². The van der Waals surface area contributed by atoms with Crippen LogP contribution in [-0.2, 0) is 15.4 Å². The molecule has 2 aromatic rings. The van der Waals surface area contributed by atoms with Gasteiger partial charge >= 0.3 is 170 Å². The minimum absolute atomic E-state index is 0.143. The summed E-state index contributed by atoms with van der Waals surface area (Å²) in [6.07, 6.45) is 2.91. The third-order valence-electron chi connectivity index (χ3n) is 5.37. The molecule has 1 heterocycles. The van der Waals surface area contributed by atoms with E-state index in [1.807, 2.05) is 29.2 Å². The smallest absolute Gasteiger partial charge is 0.489 e. The fourth-order valence-corrected chi connectivity index (χ4v) is 5.96. The van der Waals surface area contributed by atoms with Crippen LogP contribution in [0.1, 0.15) is 23.6 Å². The molecule has 198 valence electrons. The average molecular weight is 677 g/mol. The molecule has 1 aliphatic heterocycles. The summed E-state index contributed by atoms with van der Waals surface area (Å²) < 4.78 is 40.6. The van der Waals surface area contributed by atoms with Crippen LogP contribution in [0.25, 0.3) is 0 Å². The maximum absolute atomic E-state index is 11.5. The summed E-state index contributed by atoms with van der Waals surface area (Å²) in [7, 11) is -3.42. The molecule has 0 aromatic heterocycles. The zero-order chi connectivity index (χ0) is 27.1. The van der Waals surface area contributed by atoms with Crippen LogP contribution >= 0.6 is 23.2 Å². The van der Waals surface area contributed by atoms with Crippen LogP contribution in [0.4, 0.5) is 0 Å². The number of nitriles is 1. The molecule has 0 spiro atoms. The molecule has 2 aromatic carbocycles. The van der Waals surface area contributed by atoms with E-state index in [1.54, 1.807) is 28.3 Å². The molecule has 8 nitrogen and oxygen atoms in total. The van der Waals surface area contributed by atoms with E-state index in [4.69, 9.17) is 32.7 Å². The molecular weight excluding hydrogens is 652 g/mol. The van der Waals surface area contributed by atoms with Crippen molar-refractivity contribution in [2.24, 2.45) is 4.99 Å². The van der Waals surface area contributed by atoms with E-state index in [1.165, 1.54) is 0 Å². The van der Waals surface area contributed by atoms with Crippen molar-refractivity contribution in [1.82, 2.24) is 4.72 Å². The third kappa shape index (κ3) is 7.85. The number of hydrogen-bond donors (Lipinski definition) is 2. The summed E-state index contributed by atoms with van der Waals surface area (Å²) >= 11 is 11.6. The molecule has 0 radical (unpaired) electrons. The first kappa shape index (κ1) is 29.3. The first-order valence-corrected chi connectivity index (χ1v) is 16.2. The number of rotatable bonds is 11. The summed E-state index contributed by atoms with van der Waals surface area (Å²) in [5.74, 6) is 1.38. The van der Waals surface area contributed by atoms with Gasteiger partial charge in [0.15, 0.2) is 5.75 Å². The fourth-order valence-electron chi connectivity index (χ4n) is 3.44. The van der Waals surface area contributed by atoms with Crippen molar-refractivity contribution in [3.63, 3.8) is 0 Å². The molecule has 0 saturated heterocycles. The van der Waals surface area contributed by atoms with Gasteiger partial charge in [-0.05, 0) is 0 Å². The molecule has 12 heteroatoms. The van der Waals surface area contributed by atoms with Gasteiger partial charge in [-0.25, -0.2) is 0 Å². The molecule has 1 unspecified atom stereocenters. The van der Waals surface area contributed by atoms with Crippen molar-refractivity contribution in [2.75, 3.05) is 32.0 Å². The number of nitrogens with one attached hydrogen (secondary N) is 1. The zero-order valence-corrected chi connectivity index (χ0v) is 24.5. The Morgan fingerprint density at radius 1 is 1.22 bits per heavy atom. The van der Waals surface area contributed by atoms with Crippen molar-refractivity contribution >= 4 is 38.9 Å². The summed E-state index contributed by atoms with van der Waals surface area (Å²) in [4.78, 5) is 4.35. The van der Waals surface area contributed by atoms with Gasteiger partial charge in [0.1, 0.15) is 12.7 Å². The number of aliphatic imine (C=N–C) groups is 1. The van der Waals surface area contributed by atoms with E-state index in [0.29, 0.717) is 22.8 Å². The van der Waals surface area contributed by atoms with Crippen molar-refractivity contribution < 1.29 is 44.2 Å². The van der Waals surface area contributed by atoms with Crippen LogP contribution in [0.15, 0.2) is 61.5 Å². The van der Waals surface area contributed by atoms with E-state index in [-0.39, 0.29) is 42.0 Å². The average Bonchev–Trinajstić information content (AvgIpc) is 3.09. The maximum atomic E-state index is 11.5. The summed E-state index contributed by atoms with van der Waals surface area (Å²) in [6, 6.07) is 12.6. The summed E-state index contributed by atoms with van der Waals surface area (Å²) in [5, 5.41) is 20.2. The molecule has 3 rings (SSSR count). The monoisotopic (exact) mass is 676 g/mol. The standard InChI is InChI=1S/C25H25Cl2IN3O5S/c1-25(16-32,19-11-17(14-29)24(22(27)12-19)35-10-8-26)18-3-5-21(6-4-18)36-15-20-7-9-28-13-23(30-20)31-37(2,33)34/h3-7,9,11-13,31-32H,8,10,15-16H2,1-2H3/q-1. The number of aliphatic hydroxyl groups excluding tert-OH is 1. The molecule has 0 bridgehead atoms. The van der Waals surface area contributed by atoms with Gasteiger partial charge in [0.25, 0.3) is 0 Å². The van der Waals surface area contributed by atoms with Crippen LogP contribution in [-0.4, -0.2) is 51.2 Å². The van der Waals surface area contributed by atoms with Crippen molar-refractivity contribution in [1.29, 1.82) is 5.26 Å². The first-order valence-electron chi connectivity index (χ1n) is 10.9. The second kappa shape index (κ2) is 13.0. The second-order valence-corrected chi connectivity index (χ2v) is 12.8. The quantitative estimate of drug-likeness (QED) is 0.270. The molecule has 1 atom stereocenters. The van der Waals surface area contributed by atoms with Crippen LogP contribution in [0, 0.1) is 11.3 Å². The van der Waals surface area contributed by atoms with E-state index in [0.717, 1.165) is 11.8 Å². The van der Waals surface area contributed by atoms with Gasteiger partial charge in [0.2, 0.25) is 0 Å². The Morgan fingerprint density at radius 2 is 1.95 bits per heavy atom. The van der Waals surface area contributed by atoms with E-state index in [9.17, 15) is 18.8 Å². The normalized spacial score (nSPS) is 15.2. The number of nitrogens with zero attached hydrogens (tertiary/aromatic N) is 2. The molecule has 2 N–H and O–H groups in total. The fraction of sp³-hybridized carbons (Fsp3) is 0.280. The van der Waals surface area contributed by atoms with Gasteiger partial charge in [0, 0.05) is 0 Å². The Balaban J connectivity index is 1.79. The summed E-state index contributed by atoms with van der Waals surface area (Å²) in [6.45, 7) is 1.98. The second-order valence-electron chi connectivity index (χ2n) is 8.18. The van der Waals surface area contributed by atoms with Crippen molar-refractivity contribution in [3.05, 3.63) is 78.2 Å². The third-order valence-corrected chi connectivity index (χ3v) is 8.11. The van der Waals surface area contributed by atoms with Gasteiger partial charge in [0.05, 0.1) is 16.5 Å². The Bertz CT molecular complexity index is 1370. The summed E-state index contributed by atoms with van der Waals surface area (Å²) in [5.41, 5.74) is 1.43. The molecule has 37 heavy (non-hydrogen) atoms. The number of aliphatic hydroxyl groups is 1. The SMILES string of the molecule is CC(CO)(c1ccc(OCC2=NC(NS(C)(=O)=O)=C[I-]C=C2)cc1)c1cc(Cl)c(OCCCl)c(C#N)c1. The Morgan fingerprint density at radius 3 is 2.57 bits per heavy atom. The van der Waals surface area contributed by atoms with Crippen LogP contribution in [0.2, 0.25) is 5.02 Å². The number of halogens is 3. The predicted octanol–water partition coefficient (Wildman–Crippen LogP) is 0.912. The number of hydrogen-bond acceptors (Lipinski definition) is 7. The molecular formula is C25H25Cl2IN3O5S-. The minimum Gasteiger partial charge on any atom is -0.489 e. The van der Waals surface area contributed by atoms with Gasteiger partial charge in [-0.2, -0.15) is 5.26 Å². The van der Waals surface area contributed by atoms with E-state index >= 15 is 0 Å². The predicted molar refractivity (Wildman–Crippen MR) is 140 cm³/mol. The van der Waals surface area contributed by atoms with Gasteiger partial charge in [-0.1, -0.05) is 11.6 Å². The Kier molecular flexibility index (Phi) is 10.3. The van der Waals surface area contributed by atoms with Crippen molar-refractivity contribution in [3.8, 4) is 17.6 Å². The Hall–Kier alpha value is -2.30. The minimum atomic E-state index is -3.42. The van der Waals surface area contributed by atoms with E-state index < -0.39 is 36.6 Å². The molecule has 0 fully saturated rings. The van der Waals surface area contributed by atoms with Crippen LogP contribution < -0.4 is 35.4 Å².